The van der Waals surface area contributed by atoms with Gasteiger partial charge in [-0.3, -0.25) is 4.79 Å². The summed E-state index contributed by atoms with van der Waals surface area (Å²) in [5.41, 5.74) is 2.99. The number of carbonyl (C=O) groups is 1. The van der Waals surface area contributed by atoms with Crippen LogP contribution in [-0.4, -0.2) is 45.9 Å². The minimum atomic E-state index is -0.0332. The molecule has 0 saturated carbocycles. The number of hydrogen-bond acceptors (Lipinski definition) is 3. The average Bonchev–Trinajstić information content (AvgIpc) is 3.13. The van der Waals surface area contributed by atoms with Crippen molar-refractivity contribution in [1.29, 1.82) is 0 Å². The third-order valence-corrected chi connectivity index (χ3v) is 5.04. The summed E-state index contributed by atoms with van der Waals surface area (Å²) >= 11 is 6.04. The minimum Gasteiger partial charge on any atom is -0.372 e. The number of carbonyl (C=O) groups excluding carboxylic acids is 1. The number of nitrogens with zero attached hydrogens (tertiary/aromatic N) is 3. The zero-order chi connectivity index (χ0) is 19.7. The molecule has 1 aliphatic rings. The van der Waals surface area contributed by atoms with Crippen molar-refractivity contribution >= 4 is 17.5 Å². The Labute approximate surface area is 169 Å². The van der Waals surface area contributed by atoms with E-state index in [0.29, 0.717) is 29.4 Å². The number of benzene rings is 2. The Morgan fingerprint density at radius 3 is 2.32 bits per heavy atom. The Balaban J connectivity index is 1.77. The molecule has 0 N–H and O–H groups in total. The molecule has 2 heterocycles. The fourth-order valence-corrected chi connectivity index (χ4v) is 3.70. The first-order valence-corrected chi connectivity index (χ1v) is 9.75. The molecule has 3 aromatic rings. The lowest BCUT2D eigenvalue weighted by molar-refractivity contribution is -0.0586. The van der Waals surface area contributed by atoms with E-state index >= 15 is 0 Å². The van der Waals surface area contributed by atoms with Gasteiger partial charge in [-0.15, -0.1) is 0 Å². The number of ether oxygens (including phenoxy) is 1. The van der Waals surface area contributed by atoms with E-state index in [-0.39, 0.29) is 18.1 Å². The quantitative estimate of drug-likeness (QED) is 0.658. The summed E-state index contributed by atoms with van der Waals surface area (Å²) in [6, 6.07) is 17.2. The van der Waals surface area contributed by atoms with Crippen molar-refractivity contribution in [1.82, 2.24) is 14.7 Å². The molecular formula is C22H22ClN3O2. The van der Waals surface area contributed by atoms with Crippen LogP contribution in [0.4, 0.5) is 0 Å². The average molecular weight is 396 g/mol. The maximum atomic E-state index is 13.4. The highest BCUT2D eigenvalue weighted by Gasteiger charge is 2.29. The maximum Gasteiger partial charge on any atom is 0.257 e. The summed E-state index contributed by atoms with van der Waals surface area (Å²) in [7, 11) is 0. The van der Waals surface area contributed by atoms with Gasteiger partial charge in [0.05, 0.1) is 23.5 Å². The molecule has 1 aliphatic heterocycles. The van der Waals surface area contributed by atoms with E-state index in [1.165, 1.54) is 0 Å². The summed E-state index contributed by atoms with van der Waals surface area (Å²) in [6.07, 6.45) is 1.83. The molecular weight excluding hydrogens is 374 g/mol. The molecule has 5 nitrogen and oxygen atoms in total. The van der Waals surface area contributed by atoms with Crippen molar-refractivity contribution in [2.45, 2.75) is 26.1 Å². The van der Waals surface area contributed by atoms with E-state index in [1.54, 1.807) is 4.68 Å². The molecule has 1 aromatic heterocycles. The first kappa shape index (κ1) is 18.7. The topological polar surface area (TPSA) is 47.4 Å². The number of aromatic nitrogens is 2. The molecule has 0 unspecified atom stereocenters. The third kappa shape index (κ3) is 3.81. The van der Waals surface area contributed by atoms with Crippen LogP contribution in [0.25, 0.3) is 16.9 Å². The summed E-state index contributed by atoms with van der Waals surface area (Å²) in [4.78, 5) is 15.2. The van der Waals surface area contributed by atoms with Crippen molar-refractivity contribution in [3.63, 3.8) is 0 Å². The molecule has 0 spiro atoms. The summed E-state index contributed by atoms with van der Waals surface area (Å²) in [6.45, 7) is 5.12. The van der Waals surface area contributed by atoms with Gasteiger partial charge < -0.3 is 9.64 Å². The van der Waals surface area contributed by atoms with Gasteiger partial charge in [-0.25, -0.2) is 4.68 Å². The van der Waals surface area contributed by atoms with Crippen LogP contribution in [0.2, 0.25) is 5.02 Å². The molecule has 1 saturated heterocycles. The second kappa shape index (κ2) is 7.78. The predicted octanol–water partition coefficient (Wildman–Crippen LogP) is 4.44. The highest BCUT2D eigenvalue weighted by molar-refractivity contribution is 6.30. The lowest BCUT2D eigenvalue weighted by atomic mass is 10.1. The molecule has 144 valence electrons. The fraction of sp³-hybridized carbons (Fsp3) is 0.273. The van der Waals surface area contributed by atoms with Gasteiger partial charge in [-0.05, 0) is 38.1 Å². The van der Waals surface area contributed by atoms with Crippen molar-refractivity contribution in [2.75, 3.05) is 13.1 Å². The van der Waals surface area contributed by atoms with E-state index in [4.69, 9.17) is 21.4 Å². The molecule has 1 fully saturated rings. The van der Waals surface area contributed by atoms with Crippen LogP contribution in [0.5, 0.6) is 0 Å². The standard InChI is InChI=1S/C22H22ClN3O2/c1-15-12-25(13-16(2)28-15)22(27)20-14-26(19-6-4-3-5-7-19)24-21(20)17-8-10-18(23)11-9-17/h3-11,14-16H,12-13H2,1-2H3/t15-,16+. The normalized spacial score (nSPS) is 19.6. The number of hydrogen-bond donors (Lipinski definition) is 0. The summed E-state index contributed by atoms with van der Waals surface area (Å²) < 4.78 is 7.53. The van der Waals surface area contributed by atoms with Crippen LogP contribution in [0.3, 0.4) is 0 Å². The van der Waals surface area contributed by atoms with Gasteiger partial charge in [0.1, 0.15) is 5.69 Å². The second-order valence-corrected chi connectivity index (χ2v) is 7.58. The molecule has 2 aromatic carbocycles. The van der Waals surface area contributed by atoms with E-state index in [9.17, 15) is 4.79 Å². The Kier molecular flexibility index (Phi) is 5.20. The van der Waals surface area contributed by atoms with Crippen molar-refractivity contribution in [2.24, 2.45) is 0 Å². The van der Waals surface area contributed by atoms with Crippen LogP contribution < -0.4 is 0 Å². The van der Waals surface area contributed by atoms with Crippen molar-refractivity contribution in [3.8, 4) is 16.9 Å². The van der Waals surface area contributed by atoms with Gasteiger partial charge in [-0.2, -0.15) is 5.10 Å². The van der Waals surface area contributed by atoms with Crippen LogP contribution in [0.15, 0.2) is 60.8 Å². The highest BCUT2D eigenvalue weighted by atomic mass is 35.5. The van der Waals surface area contributed by atoms with Gasteiger partial charge in [0.15, 0.2) is 0 Å². The van der Waals surface area contributed by atoms with E-state index < -0.39 is 0 Å². The second-order valence-electron chi connectivity index (χ2n) is 7.15. The lowest BCUT2D eigenvalue weighted by Gasteiger charge is -2.35. The molecule has 4 rings (SSSR count). The Morgan fingerprint density at radius 1 is 1.04 bits per heavy atom. The zero-order valence-electron chi connectivity index (χ0n) is 15.9. The largest absolute Gasteiger partial charge is 0.372 e. The Bertz CT molecular complexity index is 959. The number of rotatable bonds is 3. The molecule has 2 atom stereocenters. The fourth-order valence-electron chi connectivity index (χ4n) is 3.58. The smallest absolute Gasteiger partial charge is 0.257 e. The predicted molar refractivity (Wildman–Crippen MR) is 110 cm³/mol. The van der Waals surface area contributed by atoms with Crippen molar-refractivity contribution in [3.05, 3.63) is 71.4 Å². The molecule has 0 radical (unpaired) electrons. The molecule has 6 heteroatoms. The number of para-hydroxylation sites is 1. The van der Waals surface area contributed by atoms with Gasteiger partial charge in [0.25, 0.3) is 5.91 Å². The van der Waals surface area contributed by atoms with Gasteiger partial charge >= 0.3 is 0 Å². The van der Waals surface area contributed by atoms with Crippen LogP contribution >= 0.6 is 11.6 Å². The van der Waals surface area contributed by atoms with E-state index in [2.05, 4.69) is 0 Å². The number of morpholine rings is 1. The molecule has 1 amide bonds. The Hall–Kier alpha value is -2.63. The van der Waals surface area contributed by atoms with E-state index in [1.807, 2.05) is 79.5 Å². The van der Waals surface area contributed by atoms with Gasteiger partial charge in [0, 0.05) is 29.9 Å². The van der Waals surface area contributed by atoms with Crippen LogP contribution in [0.1, 0.15) is 24.2 Å². The molecule has 28 heavy (non-hydrogen) atoms. The molecule has 0 aliphatic carbocycles. The zero-order valence-corrected chi connectivity index (χ0v) is 16.6. The first-order valence-electron chi connectivity index (χ1n) is 9.37. The molecule has 0 bridgehead atoms. The van der Waals surface area contributed by atoms with Crippen molar-refractivity contribution < 1.29 is 9.53 Å². The number of halogens is 1. The third-order valence-electron chi connectivity index (χ3n) is 4.79. The van der Waals surface area contributed by atoms with E-state index in [0.717, 1.165) is 11.3 Å². The van der Waals surface area contributed by atoms with Crippen LogP contribution in [-0.2, 0) is 4.74 Å². The van der Waals surface area contributed by atoms with Crippen LogP contribution in [0, 0.1) is 0 Å². The van der Waals surface area contributed by atoms with Gasteiger partial charge in [-0.1, -0.05) is 41.9 Å². The Morgan fingerprint density at radius 2 is 1.68 bits per heavy atom. The number of amides is 1. The SMILES string of the molecule is C[C@@H]1CN(C(=O)c2cn(-c3ccccc3)nc2-c2ccc(Cl)cc2)C[C@H](C)O1. The lowest BCUT2D eigenvalue weighted by Crippen LogP contribution is -2.48. The van der Waals surface area contributed by atoms with Gasteiger partial charge in [0.2, 0.25) is 0 Å². The summed E-state index contributed by atoms with van der Waals surface area (Å²) in [5.74, 6) is -0.0332. The monoisotopic (exact) mass is 395 g/mol. The minimum absolute atomic E-state index is 0.0100. The summed E-state index contributed by atoms with van der Waals surface area (Å²) in [5, 5.41) is 5.38. The maximum absolute atomic E-state index is 13.4. The highest BCUT2D eigenvalue weighted by Crippen LogP contribution is 2.27. The first-order chi connectivity index (χ1) is 13.5.